The number of rotatable bonds is 10. The van der Waals surface area contributed by atoms with Crippen LogP contribution in [0.3, 0.4) is 0 Å². The van der Waals surface area contributed by atoms with Crippen molar-refractivity contribution in [2.75, 3.05) is 34.0 Å². The van der Waals surface area contributed by atoms with Crippen molar-refractivity contribution in [1.82, 2.24) is 10.6 Å². The zero-order chi connectivity index (χ0) is 19.5. The van der Waals surface area contributed by atoms with Gasteiger partial charge in [0.05, 0.1) is 13.7 Å². The first kappa shape index (κ1) is 21.4. The van der Waals surface area contributed by atoms with Crippen LogP contribution in [0.1, 0.15) is 24.2 Å². The van der Waals surface area contributed by atoms with E-state index in [1.54, 1.807) is 38.1 Å². The number of hydrogen-bond donors (Lipinski definition) is 2. The molecule has 0 aliphatic heterocycles. The molecule has 8 nitrogen and oxygen atoms in total. The third-order valence-corrected chi connectivity index (χ3v) is 3.53. The van der Waals surface area contributed by atoms with Gasteiger partial charge < -0.3 is 24.8 Å². The van der Waals surface area contributed by atoms with Gasteiger partial charge in [-0.1, -0.05) is 13.8 Å². The van der Waals surface area contributed by atoms with Crippen molar-refractivity contribution in [3.05, 3.63) is 29.8 Å². The first-order chi connectivity index (χ1) is 12.4. The minimum atomic E-state index is -0.864. The Labute approximate surface area is 153 Å². The molecular weight excluding hydrogens is 340 g/mol. The van der Waals surface area contributed by atoms with Gasteiger partial charge in [-0.15, -0.1) is 0 Å². The number of benzene rings is 1. The summed E-state index contributed by atoms with van der Waals surface area (Å²) in [4.78, 5) is 36.1. The molecule has 1 aromatic rings. The van der Waals surface area contributed by atoms with E-state index in [-0.39, 0.29) is 5.92 Å². The van der Waals surface area contributed by atoms with Crippen molar-refractivity contribution in [3.63, 3.8) is 0 Å². The Bertz CT molecular complexity index is 600. The van der Waals surface area contributed by atoms with Gasteiger partial charge in [0, 0.05) is 19.2 Å². The van der Waals surface area contributed by atoms with Crippen molar-refractivity contribution < 1.29 is 28.6 Å². The van der Waals surface area contributed by atoms with E-state index in [1.807, 2.05) is 0 Å². The molecule has 0 unspecified atom stereocenters. The molecule has 1 atom stereocenters. The number of carbonyl (C=O) groups excluding carboxylic acids is 3. The standard InChI is InChI=1S/C18H26N2O6/c1-12(2)16(18(23)26-11-15(21)19-9-10-24-3)20-17(22)13-5-7-14(25-4)8-6-13/h5-8,12,16H,9-11H2,1-4H3,(H,19,21)(H,20,22)/t16-/m0/s1. The fraction of sp³-hybridized carbons (Fsp3) is 0.500. The number of ether oxygens (including phenoxy) is 3. The molecule has 1 aromatic carbocycles. The van der Waals surface area contributed by atoms with Crippen molar-refractivity contribution in [2.24, 2.45) is 5.92 Å². The van der Waals surface area contributed by atoms with Crippen LogP contribution in [0.15, 0.2) is 24.3 Å². The minimum absolute atomic E-state index is 0.207. The Balaban J connectivity index is 2.59. The fourth-order valence-corrected chi connectivity index (χ4v) is 2.03. The van der Waals surface area contributed by atoms with Crippen molar-refractivity contribution in [3.8, 4) is 5.75 Å². The normalized spacial score (nSPS) is 11.6. The van der Waals surface area contributed by atoms with Gasteiger partial charge in [-0.25, -0.2) is 4.79 Å². The zero-order valence-corrected chi connectivity index (χ0v) is 15.5. The van der Waals surface area contributed by atoms with Crippen LogP contribution in [-0.2, 0) is 19.1 Å². The average Bonchev–Trinajstić information content (AvgIpc) is 2.64. The second kappa shape index (κ2) is 11.1. The van der Waals surface area contributed by atoms with Gasteiger partial charge in [-0.3, -0.25) is 9.59 Å². The predicted molar refractivity (Wildman–Crippen MR) is 94.9 cm³/mol. The number of methoxy groups -OCH3 is 2. The van der Waals surface area contributed by atoms with Crippen molar-refractivity contribution >= 4 is 17.8 Å². The molecule has 0 aliphatic carbocycles. The molecule has 8 heteroatoms. The van der Waals surface area contributed by atoms with Crippen LogP contribution >= 0.6 is 0 Å². The summed E-state index contributed by atoms with van der Waals surface area (Å²) in [5, 5.41) is 5.18. The Morgan fingerprint density at radius 2 is 1.73 bits per heavy atom. The van der Waals surface area contributed by atoms with E-state index in [0.29, 0.717) is 24.5 Å². The molecular formula is C18H26N2O6. The van der Waals surface area contributed by atoms with Crippen molar-refractivity contribution in [1.29, 1.82) is 0 Å². The molecule has 2 N–H and O–H groups in total. The summed E-state index contributed by atoms with van der Waals surface area (Å²) in [5.41, 5.74) is 0.390. The molecule has 144 valence electrons. The highest BCUT2D eigenvalue weighted by Gasteiger charge is 2.26. The lowest BCUT2D eigenvalue weighted by Crippen LogP contribution is -2.46. The number of hydrogen-bond acceptors (Lipinski definition) is 6. The molecule has 0 spiro atoms. The highest BCUT2D eigenvalue weighted by Crippen LogP contribution is 2.12. The summed E-state index contributed by atoms with van der Waals surface area (Å²) < 4.78 is 14.9. The van der Waals surface area contributed by atoms with E-state index in [9.17, 15) is 14.4 Å². The average molecular weight is 366 g/mol. The molecule has 26 heavy (non-hydrogen) atoms. The molecule has 2 amide bonds. The topological polar surface area (TPSA) is 103 Å². The molecule has 1 rings (SSSR count). The molecule has 0 bridgehead atoms. The third-order valence-electron chi connectivity index (χ3n) is 3.53. The summed E-state index contributed by atoms with van der Waals surface area (Å²) in [5.74, 6) is -1.09. The largest absolute Gasteiger partial charge is 0.497 e. The van der Waals surface area contributed by atoms with Gasteiger partial charge in [0.2, 0.25) is 0 Å². The van der Waals surface area contributed by atoms with Gasteiger partial charge in [0.15, 0.2) is 6.61 Å². The quantitative estimate of drug-likeness (QED) is 0.468. The lowest BCUT2D eigenvalue weighted by molar-refractivity contribution is -0.151. The smallest absolute Gasteiger partial charge is 0.329 e. The first-order valence-electron chi connectivity index (χ1n) is 8.26. The zero-order valence-electron chi connectivity index (χ0n) is 15.5. The lowest BCUT2D eigenvalue weighted by atomic mass is 10.0. The molecule has 0 radical (unpaired) electrons. The summed E-state index contributed by atoms with van der Waals surface area (Å²) in [6.45, 7) is 3.84. The van der Waals surface area contributed by atoms with Crippen LogP contribution < -0.4 is 15.4 Å². The van der Waals surface area contributed by atoms with Crippen LogP contribution in [0.5, 0.6) is 5.75 Å². The monoisotopic (exact) mass is 366 g/mol. The fourth-order valence-electron chi connectivity index (χ4n) is 2.03. The predicted octanol–water partition coefficient (Wildman–Crippen LogP) is 0.755. The van der Waals surface area contributed by atoms with Crippen LogP contribution in [0.25, 0.3) is 0 Å². The molecule has 0 aromatic heterocycles. The molecule has 0 fully saturated rings. The van der Waals surface area contributed by atoms with Gasteiger partial charge in [-0.2, -0.15) is 0 Å². The number of carbonyl (C=O) groups is 3. The highest BCUT2D eigenvalue weighted by molar-refractivity contribution is 5.97. The van der Waals surface area contributed by atoms with Gasteiger partial charge in [0.25, 0.3) is 11.8 Å². The Morgan fingerprint density at radius 1 is 1.08 bits per heavy atom. The number of amides is 2. The second-order valence-electron chi connectivity index (χ2n) is 5.87. The third kappa shape index (κ3) is 7.10. The Hall–Kier alpha value is -2.61. The summed E-state index contributed by atoms with van der Waals surface area (Å²) >= 11 is 0. The van der Waals surface area contributed by atoms with E-state index in [4.69, 9.17) is 14.2 Å². The van der Waals surface area contributed by atoms with E-state index in [2.05, 4.69) is 10.6 Å². The summed E-state index contributed by atoms with van der Waals surface area (Å²) in [6.07, 6.45) is 0. The highest BCUT2D eigenvalue weighted by atomic mass is 16.5. The van der Waals surface area contributed by atoms with Crippen molar-refractivity contribution in [2.45, 2.75) is 19.9 Å². The SMILES string of the molecule is COCCNC(=O)COC(=O)[C@@H](NC(=O)c1ccc(OC)cc1)C(C)C. The number of esters is 1. The summed E-state index contributed by atoms with van der Waals surface area (Å²) in [6, 6.07) is 5.64. The molecule has 0 saturated heterocycles. The molecule has 0 saturated carbocycles. The van der Waals surface area contributed by atoms with E-state index >= 15 is 0 Å². The van der Waals surface area contributed by atoms with Crippen LogP contribution in [0.2, 0.25) is 0 Å². The Kier molecular flexibility index (Phi) is 9.14. The van der Waals surface area contributed by atoms with E-state index < -0.39 is 30.4 Å². The van der Waals surface area contributed by atoms with Crippen LogP contribution in [-0.4, -0.2) is 57.8 Å². The summed E-state index contributed by atoms with van der Waals surface area (Å²) in [7, 11) is 3.05. The second-order valence-corrected chi connectivity index (χ2v) is 5.87. The maximum atomic E-state index is 12.3. The first-order valence-corrected chi connectivity index (χ1v) is 8.26. The minimum Gasteiger partial charge on any atom is -0.497 e. The van der Waals surface area contributed by atoms with E-state index in [0.717, 1.165) is 0 Å². The number of nitrogens with one attached hydrogen (secondary N) is 2. The molecule has 0 heterocycles. The van der Waals surface area contributed by atoms with Gasteiger partial charge in [0.1, 0.15) is 11.8 Å². The van der Waals surface area contributed by atoms with Crippen LogP contribution in [0.4, 0.5) is 0 Å². The van der Waals surface area contributed by atoms with Gasteiger partial charge in [-0.05, 0) is 30.2 Å². The molecule has 0 aliphatic rings. The maximum absolute atomic E-state index is 12.3. The van der Waals surface area contributed by atoms with Crippen LogP contribution in [0, 0.1) is 5.92 Å². The maximum Gasteiger partial charge on any atom is 0.329 e. The van der Waals surface area contributed by atoms with Gasteiger partial charge >= 0.3 is 5.97 Å². The Morgan fingerprint density at radius 3 is 2.27 bits per heavy atom. The lowest BCUT2D eigenvalue weighted by Gasteiger charge is -2.20. The van der Waals surface area contributed by atoms with E-state index in [1.165, 1.54) is 14.2 Å².